The van der Waals surface area contributed by atoms with E-state index in [0.29, 0.717) is 16.9 Å². The van der Waals surface area contributed by atoms with Crippen molar-refractivity contribution >= 4 is 22.8 Å². The lowest BCUT2D eigenvalue weighted by atomic mass is 10.1. The summed E-state index contributed by atoms with van der Waals surface area (Å²) in [6.07, 6.45) is 3.68. The molecular weight excluding hydrogens is 318 g/mol. The second-order valence-electron chi connectivity index (χ2n) is 6.10. The van der Waals surface area contributed by atoms with Crippen LogP contribution in [0.25, 0.3) is 17.0 Å². The second kappa shape index (κ2) is 5.41. The average Bonchev–Trinajstić information content (AvgIpc) is 3.09. The van der Waals surface area contributed by atoms with Crippen LogP contribution in [-0.4, -0.2) is 22.6 Å². The van der Waals surface area contributed by atoms with Crippen LogP contribution in [0.15, 0.2) is 42.3 Å². The molecule has 3 aromatic rings. The highest BCUT2D eigenvalue weighted by Crippen LogP contribution is 2.39. The zero-order valence-corrected chi connectivity index (χ0v) is 14.2. The topological polar surface area (TPSA) is 60.7 Å². The third kappa shape index (κ3) is 2.28. The number of hydrogen-bond donors (Lipinski definition) is 1. The van der Waals surface area contributed by atoms with Crippen LogP contribution in [0.3, 0.4) is 0 Å². The number of fused-ring (bicyclic) bond motifs is 2. The Morgan fingerprint density at radius 3 is 2.80 bits per heavy atom. The number of ketones is 1. The molecule has 1 aromatic heterocycles. The van der Waals surface area contributed by atoms with E-state index in [-0.39, 0.29) is 17.3 Å². The molecule has 0 aliphatic carbocycles. The molecule has 0 radical (unpaired) electrons. The summed E-state index contributed by atoms with van der Waals surface area (Å²) < 4.78 is 13.1. The Kier molecular flexibility index (Phi) is 3.32. The third-order valence-electron chi connectivity index (χ3n) is 4.57. The largest absolute Gasteiger partial charge is 0.508 e. The van der Waals surface area contributed by atoms with Crippen LogP contribution in [0.2, 0.25) is 0 Å². The smallest absolute Gasteiger partial charge is 0.231 e. The van der Waals surface area contributed by atoms with E-state index in [4.69, 9.17) is 9.47 Å². The van der Waals surface area contributed by atoms with Crippen LogP contribution in [0, 0.1) is 6.92 Å². The molecule has 126 valence electrons. The molecule has 0 fully saturated rings. The van der Waals surface area contributed by atoms with E-state index in [1.807, 2.05) is 36.0 Å². The minimum absolute atomic E-state index is 0.114. The van der Waals surface area contributed by atoms with E-state index in [0.717, 1.165) is 22.2 Å². The predicted molar refractivity (Wildman–Crippen MR) is 95.3 cm³/mol. The Balaban J connectivity index is 1.84. The number of phenols is 1. The number of Topliss-reactive ketones (excluding diaryl/α,β-unsaturated/α-hetero) is 1. The monoisotopic (exact) mass is 335 g/mol. The number of rotatable bonds is 2. The van der Waals surface area contributed by atoms with Crippen LogP contribution in [-0.2, 0) is 7.05 Å². The van der Waals surface area contributed by atoms with Gasteiger partial charge in [0.25, 0.3) is 0 Å². The first-order valence-electron chi connectivity index (χ1n) is 7.89. The molecule has 2 aromatic carbocycles. The fourth-order valence-corrected chi connectivity index (χ4v) is 3.16. The van der Waals surface area contributed by atoms with Gasteiger partial charge in [0.1, 0.15) is 17.2 Å². The number of aromatic nitrogens is 1. The van der Waals surface area contributed by atoms with Gasteiger partial charge in [0.15, 0.2) is 5.76 Å². The SMILES string of the molecule is COc1ccc2c(c1)c(/C=C1\Oc3c(ccc(O)c3C)C1=O)cn2C. The maximum atomic E-state index is 12.6. The number of carbonyl (C=O) groups excluding carboxylic acids is 1. The van der Waals surface area contributed by atoms with Gasteiger partial charge in [0.2, 0.25) is 5.78 Å². The maximum Gasteiger partial charge on any atom is 0.231 e. The molecule has 0 atom stereocenters. The van der Waals surface area contributed by atoms with Gasteiger partial charge in [0, 0.05) is 35.3 Å². The summed E-state index contributed by atoms with van der Waals surface area (Å²) in [6, 6.07) is 8.92. The Hall–Kier alpha value is -3.21. The van der Waals surface area contributed by atoms with Gasteiger partial charge >= 0.3 is 0 Å². The van der Waals surface area contributed by atoms with Gasteiger partial charge in [-0.3, -0.25) is 4.79 Å². The van der Waals surface area contributed by atoms with Gasteiger partial charge in [-0.2, -0.15) is 0 Å². The number of benzene rings is 2. The van der Waals surface area contributed by atoms with Crippen molar-refractivity contribution in [3.63, 3.8) is 0 Å². The van der Waals surface area contributed by atoms with Crippen molar-refractivity contribution in [2.45, 2.75) is 6.92 Å². The molecule has 0 spiro atoms. The fourth-order valence-electron chi connectivity index (χ4n) is 3.16. The van der Waals surface area contributed by atoms with Crippen LogP contribution in [0.4, 0.5) is 0 Å². The van der Waals surface area contributed by atoms with Crippen molar-refractivity contribution in [3.8, 4) is 17.2 Å². The molecule has 1 aliphatic heterocycles. The Morgan fingerprint density at radius 1 is 1.24 bits per heavy atom. The number of aromatic hydroxyl groups is 1. The van der Waals surface area contributed by atoms with Crippen molar-refractivity contribution in [3.05, 3.63) is 59.0 Å². The zero-order valence-electron chi connectivity index (χ0n) is 14.2. The van der Waals surface area contributed by atoms with Gasteiger partial charge < -0.3 is 19.1 Å². The molecule has 1 aliphatic rings. The van der Waals surface area contributed by atoms with Crippen molar-refractivity contribution in [1.82, 2.24) is 4.57 Å². The van der Waals surface area contributed by atoms with E-state index < -0.39 is 0 Å². The van der Waals surface area contributed by atoms with Crippen molar-refractivity contribution < 1.29 is 19.4 Å². The molecule has 4 rings (SSSR count). The summed E-state index contributed by atoms with van der Waals surface area (Å²) >= 11 is 0. The number of hydrogen-bond acceptors (Lipinski definition) is 4. The molecule has 1 N–H and O–H groups in total. The molecule has 0 bridgehead atoms. The number of nitrogens with zero attached hydrogens (tertiary/aromatic N) is 1. The van der Waals surface area contributed by atoms with Gasteiger partial charge in [-0.15, -0.1) is 0 Å². The molecular formula is C20H17NO4. The van der Waals surface area contributed by atoms with Gasteiger partial charge in [0.05, 0.1) is 12.7 Å². The minimum atomic E-state index is -0.182. The number of methoxy groups -OCH3 is 1. The minimum Gasteiger partial charge on any atom is -0.508 e. The van der Waals surface area contributed by atoms with E-state index >= 15 is 0 Å². The molecule has 0 unspecified atom stereocenters. The highest BCUT2D eigenvalue weighted by Gasteiger charge is 2.30. The summed E-state index contributed by atoms with van der Waals surface area (Å²) in [7, 11) is 3.57. The molecule has 5 nitrogen and oxygen atoms in total. The van der Waals surface area contributed by atoms with Crippen molar-refractivity contribution in [2.75, 3.05) is 7.11 Å². The summed E-state index contributed by atoms with van der Waals surface area (Å²) in [4.78, 5) is 12.6. The fraction of sp³-hybridized carbons (Fsp3) is 0.150. The molecule has 5 heteroatoms. The third-order valence-corrected chi connectivity index (χ3v) is 4.57. The van der Waals surface area contributed by atoms with Crippen molar-refractivity contribution in [1.29, 1.82) is 0 Å². The van der Waals surface area contributed by atoms with Crippen LogP contribution in [0.5, 0.6) is 17.2 Å². The predicted octanol–water partition coefficient (Wildman–Crippen LogP) is 3.82. The van der Waals surface area contributed by atoms with Gasteiger partial charge in [-0.05, 0) is 43.3 Å². The zero-order chi connectivity index (χ0) is 17.7. The Morgan fingerprint density at radius 2 is 2.04 bits per heavy atom. The van der Waals surface area contributed by atoms with E-state index in [1.54, 1.807) is 26.2 Å². The quantitative estimate of drug-likeness (QED) is 0.723. The van der Waals surface area contributed by atoms with Crippen molar-refractivity contribution in [2.24, 2.45) is 7.05 Å². The van der Waals surface area contributed by atoms with E-state index in [1.165, 1.54) is 6.07 Å². The number of allylic oxidation sites excluding steroid dienone is 1. The number of phenolic OH excluding ortho intramolecular Hbond substituents is 1. The standard InChI is InChI=1S/C20H17NO4/c1-11-17(22)7-5-14-19(23)18(25-20(11)14)8-12-10-21(2)16-6-4-13(24-3)9-15(12)16/h4-10,22H,1-3H3/b18-8-. The number of ether oxygens (including phenoxy) is 2. The summed E-state index contributed by atoms with van der Waals surface area (Å²) in [5.41, 5.74) is 2.94. The van der Waals surface area contributed by atoms with Gasteiger partial charge in [-0.1, -0.05) is 0 Å². The molecule has 2 heterocycles. The lowest BCUT2D eigenvalue weighted by Crippen LogP contribution is -1.97. The maximum absolute atomic E-state index is 12.6. The van der Waals surface area contributed by atoms with E-state index in [9.17, 15) is 9.90 Å². The lowest BCUT2D eigenvalue weighted by Gasteiger charge is -2.04. The summed E-state index contributed by atoms with van der Waals surface area (Å²) in [5, 5.41) is 10.8. The normalized spacial score (nSPS) is 14.8. The van der Waals surface area contributed by atoms with Crippen LogP contribution in [0.1, 0.15) is 21.5 Å². The van der Waals surface area contributed by atoms with Crippen LogP contribution >= 0.6 is 0 Å². The summed E-state index contributed by atoms with van der Waals surface area (Å²) in [5.74, 6) is 1.36. The molecule has 25 heavy (non-hydrogen) atoms. The highest BCUT2D eigenvalue weighted by atomic mass is 16.5. The first-order valence-corrected chi connectivity index (χ1v) is 7.89. The second-order valence-corrected chi connectivity index (χ2v) is 6.10. The number of carbonyl (C=O) groups is 1. The Labute approximate surface area is 144 Å². The van der Waals surface area contributed by atoms with Crippen LogP contribution < -0.4 is 9.47 Å². The first-order chi connectivity index (χ1) is 12.0. The first kappa shape index (κ1) is 15.3. The highest BCUT2D eigenvalue weighted by molar-refractivity contribution is 6.15. The molecule has 0 saturated carbocycles. The molecule has 0 amide bonds. The Bertz CT molecular complexity index is 1060. The van der Waals surface area contributed by atoms with Gasteiger partial charge in [-0.25, -0.2) is 0 Å². The summed E-state index contributed by atoms with van der Waals surface area (Å²) in [6.45, 7) is 1.73. The lowest BCUT2D eigenvalue weighted by molar-refractivity contribution is 0.101. The molecule has 0 saturated heterocycles. The van der Waals surface area contributed by atoms with E-state index in [2.05, 4.69) is 0 Å². The average molecular weight is 335 g/mol. The number of aryl methyl sites for hydroxylation is 1.